The molecule has 0 radical (unpaired) electrons. The van der Waals surface area contributed by atoms with E-state index >= 15 is 0 Å². The molecule has 28 heavy (non-hydrogen) atoms. The van der Waals surface area contributed by atoms with Crippen molar-refractivity contribution in [1.29, 1.82) is 0 Å². The van der Waals surface area contributed by atoms with E-state index in [0.717, 1.165) is 39.0 Å². The second-order valence-corrected chi connectivity index (χ2v) is 9.17. The largest absolute Gasteiger partial charge is 0.496 e. The highest BCUT2D eigenvalue weighted by Crippen LogP contribution is 2.25. The lowest BCUT2D eigenvalue weighted by atomic mass is 10.1. The predicted octanol–water partition coefficient (Wildman–Crippen LogP) is 0.457. The zero-order valence-corrected chi connectivity index (χ0v) is 17.5. The van der Waals surface area contributed by atoms with Gasteiger partial charge in [0.2, 0.25) is 10.0 Å². The van der Waals surface area contributed by atoms with Gasteiger partial charge in [-0.15, -0.1) is 0 Å². The third-order valence-electron chi connectivity index (χ3n) is 5.42. The van der Waals surface area contributed by atoms with Crippen molar-refractivity contribution in [2.45, 2.75) is 17.7 Å². The molecule has 0 aliphatic carbocycles. The molecule has 0 spiro atoms. The number of ether oxygens (including phenoxy) is 1. The average molecular weight is 411 g/mol. The molecule has 1 aromatic rings. The first-order chi connectivity index (χ1) is 13.4. The minimum atomic E-state index is -3.69. The molecule has 2 aliphatic rings. The van der Waals surface area contributed by atoms with Gasteiger partial charge in [-0.1, -0.05) is 0 Å². The molecule has 1 aromatic carbocycles. The summed E-state index contributed by atoms with van der Waals surface area (Å²) in [4.78, 5) is 19.1. The number of carbonyl (C=O) groups excluding carboxylic acids is 1. The van der Waals surface area contributed by atoms with Crippen LogP contribution in [-0.2, 0) is 10.0 Å². The van der Waals surface area contributed by atoms with Crippen LogP contribution in [0.1, 0.15) is 23.2 Å². The standard InChI is InChI=1S/C19H30N4O4S/c1-21-11-13-22(14-12-21)10-7-20-28(25,26)16-5-6-18(27-2)17(15-16)19(24)23-8-3-4-9-23/h5-6,15,20H,3-4,7-14H2,1-2H3. The molecule has 2 saturated heterocycles. The van der Waals surface area contributed by atoms with E-state index in [1.165, 1.54) is 19.2 Å². The molecule has 0 unspecified atom stereocenters. The number of amides is 1. The van der Waals surface area contributed by atoms with Gasteiger partial charge in [0.25, 0.3) is 5.91 Å². The first-order valence-electron chi connectivity index (χ1n) is 9.78. The summed E-state index contributed by atoms with van der Waals surface area (Å²) in [6, 6.07) is 4.47. The Hall–Kier alpha value is -1.68. The van der Waals surface area contributed by atoms with Gasteiger partial charge >= 0.3 is 0 Å². The highest BCUT2D eigenvalue weighted by Gasteiger charge is 2.25. The Morgan fingerprint density at radius 3 is 2.43 bits per heavy atom. The van der Waals surface area contributed by atoms with E-state index < -0.39 is 10.0 Å². The van der Waals surface area contributed by atoms with Crippen molar-refractivity contribution in [3.63, 3.8) is 0 Å². The van der Waals surface area contributed by atoms with Crippen LogP contribution in [0.3, 0.4) is 0 Å². The second-order valence-electron chi connectivity index (χ2n) is 7.40. The number of likely N-dealkylation sites (N-methyl/N-ethyl adjacent to an activating group) is 1. The van der Waals surface area contributed by atoms with Crippen LogP contribution in [0.2, 0.25) is 0 Å². The summed E-state index contributed by atoms with van der Waals surface area (Å²) in [7, 11) is -0.117. The van der Waals surface area contributed by atoms with Crippen LogP contribution in [0.5, 0.6) is 5.75 Å². The summed E-state index contributed by atoms with van der Waals surface area (Å²) in [5, 5.41) is 0. The van der Waals surface area contributed by atoms with E-state index in [0.29, 0.717) is 37.5 Å². The van der Waals surface area contributed by atoms with Gasteiger partial charge in [-0.3, -0.25) is 9.69 Å². The summed E-state index contributed by atoms with van der Waals surface area (Å²) in [5.41, 5.74) is 0.298. The SMILES string of the molecule is COc1ccc(S(=O)(=O)NCCN2CCN(C)CC2)cc1C(=O)N1CCCC1. The number of rotatable bonds is 7. The van der Waals surface area contributed by atoms with E-state index in [-0.39, 0.29) is 10.8 Å². The fourth-order valence-corrected chi connectivity index (χ4v) is 4.65. The molecule has 2 fully saturated rings. The zero-order valence-electron chi connectivity index (χ0n) is 16.7. The molecule has 0 saturated carbocycles. The van der Waals surface area contributed by atoms with Crippen LogP contribution in [0, 0.1) is 0 Å². The van der Waals surface area contributed by atoms with Crippen molar-refractivity contribution in [2.75, 3.05) is 66.5 Å². The minimum Gasteiger partial charge on any atom is -0.496 e. The molecule has 2 heterocycles. The van der Waals surface area contributed by atoms with Crippen LogP contribution in [-0.4, -0.2) is 95.5 Å². The number of sulfonamides is 1. The van der Waals surface area contributed by atoms with E-state index in [1.54, 1.807) is 11.0 Å². The minimum absolute atomic E-state index is 0.0919. The molecular formula is C19H30N4O4S. The summed E-state index contributed by atoms with van der Waals surface area (Å²) >= 11 is 0. The monoisotopic (exact) mass is 410 g/mol. The lowest BCUT2D eigenvalue weighted by Crippen LogP contribution is -2.46. The molecule has 0 atom stereocenters. The maximum absolute atomic E-state index is 12.8. The maximum Gasteiger partial charge on any atom is 0.257 e. The van der Waals surface area contributed by atoms with Crippen molar-refractivity contribution < 1.29 is 17.9 Å². The maximum atomic E-state index is 12.8. The molecule has 1 N–H and O–H groups in total. The molecular weight excluding hydrogens is 380 g/mol. The highest BCUT2D eigenvalue weighted by molar-refractivity contribution is 7.89. The molecule has 1 amide bonds. The normalized spacial score (nSPS) is 19.1. The Labute approximate surface area is 167 Å². The number of nitrogens with zero attached hydrogens (tertiary/aromatic N) is 3. The first kappa shape index (κ1) is 21.0. The Morgan fingerprint density at radius 1 is 1.11 bits per heavy atom. The van der Waals surface area contributed by atoms with Gasteiger partial charge in [-0.25, -0.2) is 13.1 Å². The Bertz CT molecular complexity index is 785. The summed E-state index contributed by atoms with van der Waals surface area (Å²) in [6.45, 7) is 6.27. The average Bonchev–Trinajstić information content (AvgIpc) is 3.23. The predicted molar refractivity (Wildman–Crippen MR) is 107 cm³/mol. The lowest BCUT2D eigenvalue weighted by Gasteiger charge is -2.32. The fourth-order valence-electron chi connectivity index (χ4n) is 3.60. The van der Waals surface area contributed by atoms with Crippen molar-refractivity contribution in [1.82, 2.24) is 19.4 Å². The zero-order chi connectivity index (χ0) is 20.1. The van der Waals surface area contributed by atoms with E-state index in [9.17, 15) is 13.2 Å². The molecule has 8 nitrogen and oxygen atoms in total. The van der Waals surface area contributed by atoms with Gasteiger partial charge in [0, 0.05) is 52.4 Å². The third kappa shape index (κ3) is 5.02. The number of methoxy groups -OCH3 is 1. The number of nitrogens with one attached hydrogen (secondary N) is 1. The smallest absolute Gasteiger partial charge is 0.257 e. The number of piperazine rings is 1. The molecule has 156 valence electrons. The van der Waals surface area contributed by atoms with Gasteiger partial charge < -0.3 is 14.5 Å². The van der Waals surface area contributed by atoms with Crippen molar-refractivity contribution in [2.24, 2.45) is 0 Å². The highest BCUT2D eigenvalue weighted by atomic mass is 32.2. The van der Waals surface area contributed by atoms with Gasteiger partial charge in [-0.05, 0) is 38.1 Å². The second kappa shape index (κ2) is 9.21. The van der Waals surface area contributed by atoms with Crippen LogP contribution in [0.25, 0.3) is 0 Å². The van der Waals surface area contributed by atoms with Crippen LogP contribution in [0.4, 0.5) is 0 Å². The first-order valence-corrected chi connectivity index (χ1v) is 11.3. The van der Waals surface area contributed by atoms with E-state index in [2.05, 4.69) is 21.6 Å². The molecule has 0 bridgehead atoms. The third-order valence-corrected chi connectivity index (χ3v) is 6.88. The fraction of sp³-hybridized carbons (Fsp3) is 0.632. The van der Waals surface area contributed by atoms with E-state index in [1.807, 2.05) is 0 Å². The summed E-state index contributed by atoms with van der Waals surface area (Å²) < 4.78 is 33.4. The summed E-state index contributed by atoms with van der Waals surface area (Å²) in [5.74, 6) is 0.220. The summed E-state index contributed by atoms with van der Waals surface area (Å²) in [6.07, 6.45) is 1.94. The number of hydrogen-bond donors (Lipinski definition) is 1. The number of likely N-dealkylation sites (tertiary alicyclic amines) is 1. The van der Waals surface area contributed by atoms with Gasteiger partial charge in [0.05, 0.1) is 17.6 Å². The molecule has 2 aliphatic heterocycles. The quantitative estimate of drug-likeness (QED) is 0.703. The topological polar surface area (TPSA) is 82.2 Å². The molecule has 0 aromatic heterocycles. The van der Waals surface area contributed by atoms with Crippen molar-refractivity contribution in [3.8, 4) is 5.75 Å². The van der Waals surface area contributed by atoms with Crippen LogP contribution in [0.15, 0.2) is 23.1 Å². The van der Waals surface area contributed by atoms with Gasteiger partial charge in [0.1, 0.15) is 5.75 Å². The molecule has 9 heteroatoms. The van der Waals surface area contributed by atoms with Gasteiger partial charge in [0.15, 0.2) is 0 Å². The number of hydrogen-bond acceptors (Lipinski definition) is 6. The lowest BCUT2D eigenvalue weighted by molar-refractivity contribution is 0.0789. The van der Waals surface area contributed by atoms with Crippen molar-refractivity contribution in [3.05, 3.63) is 23.8 Å². The van der Waals surface area contributed by atoms with Crippen LogP contribution >= 0.6 is 0 Å². The molecule has 3 rings (SSSR count). The van der Waals surface area contributed by atoms with Crippen LogP contribution < -0.4 is 9.46 Å². The Balaban J connectivity index is 1.67. The van der Waals surface area contributed by atoms with Crippen molar-refractivity contribution >= 4 is 15.9 Å². The van der Waals surface area contributed by atoms with Gasteiger partial charge in [-0.2, -0.15) is 0 Å². The Morgan fingerprint density at radius 2 is 1.79 bits per heavy atom. The number of benzene rings is 1. The Kier molecular flexibility index (Phi) is 6.92. The van der Waals surface area contributed by atoms with E-state index in [4.69, 9.17) is 4.74 Å². The number of carbonyl (C=O) groups is 1.